The fourth-order valence-electron chi connectivity index (χ4n) is 10.9. The van der Waals surface area contributed by atoms with E-state index in [1.807, 2.05) is 6.08 Å². The summed E-state index contributed by atoms with van der Waals surface area (Å²) in [6, 6.07) is -0.635. The molecule has 0 bridgehead atoms. The average Bonchev–Trinajstić information content (AvgIpc) is 3.45. The van der Waals surface area contributed by atoms with Crippen molar-refractivity contribution in [3.8, 4) is 0 Å². The van der Waals surface area contributed by atoms with E-state index in [1.165, 1.54) is 295 Å². The number of unbranched alkanes of at least 4 members (excludes halogenated alkanes) is 49. The molecular formula is C73H137NO5. The third-order valence-corrected chi connectivity index (χ3v) is 16.3. The number of hydrogen-bond acceptors (Lipinski definition) is 5. The van der Waals surface area contributed by atoms with Crippen molar-refractivity contribution < 1.29 is 24.5 Å². The molecule has 0 saturated carbocycles. The SMILES string of the molecule is CCCCC/C=C\C/C=C\CCCCCCCCCCCC(=O)OCCCCCCCCCCCCC/C=C\CCCCCCCCCC(=O)NC(CO)C(O)/C=C/CCCCCCCCCCCCCCCCCCCCC. The predicted molar refractivity (Wildman–Crippen MR) is 347 cm³/mol. The van der Waals surface area contributed by atoms with Crippen LogP contribution in [0.4, 0.5) is 0 Å². The van der Waals surface area contributed by atoms with Gasteiger partial charge in [-0.2, -0.15) is 0 Å². The molecule has 0 aliphatic carbocycles. The van der Waals surface area contributed by atoms with E-state index in [2.05, 4.69) is 55.6 Å². The first kappa shape index (κ1) is 76.8. The van der Waals surface area contributed by atoms with Gasteiger partial charge in [0.15, 0.2) is 0 Å². The van der Waals surface area contributed by atoms with Gasteiger partial charge < -0.3 is 20.3 Å². The number of rotatable bonds is 66. The Morgan fingerprint density at radius 2 is 0.633 bits per heavy atom. The molecule has 1 amide bonds. The van der Waals surface area contributed by atoms with Crippen LogP contribution in [-0.4, -0.2) is 47.4 Å². The third kappa shape index (κ3) is 64.8. The van der Waals surface area contributed by atoms with Crippen LogP contribution in [0.2, 0.25) is 0 Å². The van der Waals surface area contributed by atoms with Gasteiger partial charge in [-0.15, -0.1) is 0 Å². The number of aliphatic hydroxyl groups is 2. The lowest BCUT2D eigenvalue weighted by Gasteiger charge is -2.20. The fraction of sp³-hybridized carbons (Fsp3) is 0.863. The molecule has 0 spiro atoms. The van der Waals surface area contributed by atoms with E-state index in [0.29, 0.717) is 19.4 Å². The van der Waals surface area contributed by atoms with E-state index in [9.17, 15) is 19.8 Å². The van der Waals surface area contributed by atoms with Crippen molar-refractivity contribution in [2.75, 3.05) is 13.2 Å². The molecule has 464 valence electrons. The molecule has 0 rings (SSSR count). The molecular weight excluding hydrogens is 971 g/mol. The first-order valence-corrected chi connectivity index (χ1v) is 35.4. The Bertz CT molecular complexity index is 1320. The Morgan fingerprint density at radius 1 is 0.354 bits per heavy atom. The normalized spacial score (nSPS) is 12.8. The predicted octanol–water partition coefficient (Wildman–Crippen LogP) is 22.9. The van der Waals surface area contributed by atoms with Crippen molar-refractivity contribution in [3.05, 3.63) is 48.6 Å². The van der Waals surface area contributed by atoms with Gasteiger partial charge in [0.2, 0.25) is 5.91 Å². The molecule has 0 aliphatic heterocycles. The molecule has 0 aromatic rings. The van der Waals surface area contributed by atoms with Gasteiger partial charge in [-0.05, 0) is 89.9 Å². The van der Waals surface area contributed by atoms with Crippen LogP contribution in [0.25, 0.3) is 0 Å². The first-order chi connectivity index (χ1) is 39.0. The quantitative estimate of drug-likeness (QED) is 0.0320. The molecule has 79 heavy (non-hydrogen) atoms. The number of hydrogen-bond donors (Lipinski definition) is 3. The highest BCUT2D eigenvalue weighted by atomic mass is 16.5. The highest BCUT2D eigenvalue weighted by molar-refractivity contribution is 5.76. The molecule has 6 nitrogen and oxygen atoms in total. The zero-order chi connectivity index (χ0) is 57.1. The molecule has 0 aromatic carbocycles. The molecule has 0 saturated heterocycles. The maximum absolute atomic E-state index is 12.5. The lowest BCUT2D eigenvalue weighted by atomic mass is 10.0. The van der Waals surface area contributed by atoms with E-state index >= 15 is 0 Å². The molecule has 0 radical (unpaired) electrons. The van der Waals surface area contributed by atoms with Crippen molar-refractivity contribution in [2.45, 2.75) is 392 Å². The molecule has 0 aliphatic rings. The Balaban J connectivity index is 3.44. The summed E-state index contributed by atoms with van der Waals surface area (Å²) in [6.45, 7) is 4.90. The minimum absolute atomic E-state index is 0.00594. The second kappa shape index (κ2) is 68.3. The molecule has 0 heterocycles. The van der Waals surface area contributed by atoms with Crippen LogP contribution in [-0.2, 0) is 14.3 Å². The van der Waals surface area contributed by atoms with E-state index in [-0.39, 0.29) is 18.5 Å². The smallest absolute Gasteiger partial charge is 0.305 e. The molecule has 0 aromatic heterocycles. The van der Waals surface area contributed by atoms with E-state index in [1.54, 1.807) is 6.08 Å². The topological polar surface area (TPSA) is 95.9 Å². The number of carbonyl (C=O) groups is 2. The third-order valence-electron chi connectivity index (χ3n) is 16.3. The zero-order valence-corrected chi connectivity index (χ0v) is 53.1. The average molecular weight is 1110 g/mol. The summed E-state index contributed by atoms with van der Waals surface area (Å²) in [6.07, 6.45) is 88.9. The van der Waals surface area contributed by atoms with Crippen molar-refractivity contribution in [1.29, 1.82) is 0 Å². The fourth-order valence-corrected chi connectivity index (χ4v) is 10.9. The Morgan fingerprint density at radius 3 is 1.00 bits per heavy atom. The Kier molecular flexibility index (Phi) is 66.4. The van der Waals surface area contributed by atoms with Gasteiger partial charge in [-0.1, -0.05) is 326 Å². The maximum Gasteiger partial charge on any atom is 0.305 e. The Labute approximate surface area is 493 Å². The van der Waals surface area contributed by atoms with Gasteiger partial charge in [0.05, 0.1) is 25.4 Å². The summed E-state index contributed by atoms with van der Waals surface area (Å²) < 4.78 is 5.50. The van der Waals surface area contributed by atoms with Crippen LogP contribution in [0.1, 0.15) is 380 Å². The Hall–Kier alpha value is -2.18. The number of amides is 1. The van der Waals surface area contributed by atoms with Crippen molar-refractivity contribution in [1.82, 2.24) is 5.32 Å². The van der Waals surface area contributed by atoms with Crippen LogP contribution in [0.15, 0.2) is 48.6 Å². The van der Waals surface area contributed by atoms with E-state index in [4.69, 9.17) is 4.74 Å². The lowest BCUT2D eigenvalue weighted by molar-refractivity contribution is -0.143. The van der Waals surface area contributed by atoms with Crippen molar-refractivity contribution in [3.63, 3.8) is 0 Å². The standard InChI is InChI=1S/C73H137NO5/c1-3-5-7-9-11-13-15-17-19-21-23-26-30-33-37-41-45-49-53-57-61-65-71(76)70(69-75)74-72(77)66-62-58-54-50-46-42-38-34-31-27-24-25-28-32-36-40-44-48-52-56-60-64-68-79-73(78)67-63-59-55-51-47-43-39-35-29-22-20-18-16-14-12-10-8-6-4-2/h12,14,18,20,27,31,61,65,70-71,75-76H,3-11,13,15-17,19,21-26,28-30,32-60,62-64,66-69H2,1-2H3,(H,74,77)/b14-12-,20-18-,31-27-,65-61+. The molecule has 6 heteroatoms. The maximum atomic E-state index is 12.5. The van der Waals surface area contributed by atoms with Gasteiger partial charge in [-0.25, -0.2) is 0 Å². The highest BCUT2D eigenvalue weighted by Crippen LogP contribution is 2.18. The minimum atomic E-state index is -0.851. The summed E-state index contributed by atoms with van der Waals surface area (Å²) in [5, 5.41) is 23.2. The summed E-state index contributed by atoms with van der Waals surface area (Å²) >= 11 is 0. The number of allylic oxidation sites excluding steroid dienone is 7. The number of ether oxygens (including phenoxy) is 1. The molecule has 2 unspecified atom stereocenters. The van der Waals surface area contributed by atoms with Crippen LogP contribution in [0, 0.1) is 0 Å². The molecule has 3 N–H and O–H groups in total. The van der Waals surface area contributed by atoms with Crippen LogP contribution < -0.4 is 5.32 Å². The van der Waals surface area contributed by atoms with Gasteiger partial charge in [-0.3, -0.25) is 9.59 Å². The number of aliphatic hydroxyl groups excluding tert-OH is 2. The van der Waals surface area contributed by atoms with Crippen molar-refractivity contribution in [2.24, 2.45) is 0 Å². The number of carbonyl (C=O) groups excluding carboxylic acids is 2. The van der Waals surface area contributed by atoms with Crippen LogP contribution >= 0.6 is 0 Å². The summed E-state index contributed by atoms with van der Waals surface area (Å²) in [5.74, 6) is -0.0661. The minimum Gasteiger partial charge on any atom is -0.466 e. The molecule has 2 atom stereocenters. The second-order valence-electron chi connectivity index (χ2n) is 24.2. The van der Waals surface area contributed by atoms with Gasteiger partial charge in [0, 0.05) is 12.8 Å². The summed E-state index contributed by atoms with van der Waals surface area (Å²) in [7, 11) is 0. The van der Waals surface area contributed by atoms with E-state index < -0.39 is 12.1 Å². The van der Waals surface area contributed by atoms with Gasteiger partial charge >= 0.3 is 5.97 Å². The lowest BCUT2D eigenvalue weighted by Crippen LogP contribution is -2.45. The summed E-state index contributed by atoms with van der Waals surface area (Å²) in [4.78, 5) is 24.6. The van der Waals surface area contributed by atoms with Crippen LogP contribution in [0.3, 0.4) is 0 Å². The second-order valence-corrected chi connectivity index (χ2v) is 24.2. The molecule has 0 fully saturated rings. The van der Waals surface area contributed by atoms with Gasteiger partial charge in [0.25, 0.3) is 0 Å². The van der Waals surface area contributed by atoms with E-state index in [0.717, 1.165) is 57.8 Å². The largest absolute Gasteiger partial charge is 0.466 e. The zero-order valence-electron chi connectivity index (χ0n) is 53.1. The first-order valence-electron chi connectivity index (χ1n) is 35.4. The highest BCUT2D eigenvalue weighted by Gasteiger charge is 2.18. The van der Waals surface area contributed by atoms with Crippen LogP contribution in [0.5, 0.6) is 0 Å². The number of nitrogens with one attached hydrogen (secondary N) is 1. The van der Waals surface area contributed by atoms with Gasteiger partial charge in [0.1, 0.15) is 0 Å². The summed E-state index contributed by atoms with van der Waals surface area (Å²) in [5.41, 5.74) is 0. The number of esters is 1. The van der Waals surface area contributed by atoms with Crippen molar-refractivity contribution >= 4 is 11.9 Å². The monoisotopic (exact) mass is 1110 g/mol.